The van der Waals surface area contributed by atoms with Crippen LogP contribution in [0.2, 0.25) is 0 Å². The van der Waals surface area contributed by atoms with E-state index in [9.17, 15) is 28.7 Å². The number of nitrogen functional groups attached to an aromatic ring is 1. The third-order valence-corrected chi connectivity index (χ3v) is 6.10. The predicted octanol–water partition coefficient (Wildman–Crippen LogP) is -1.88. The van der Waals surface area contributed by atoms with E-state index in [0.29, 0.717) is 0 Å². The highest BCUT2D eigenvalue weighted by molar-refractivity contribution is 7.60. The number of carbonyl (C=O) groups is 1. The first-order valence-corrected chi connectivity index (χ1v) is 11.3. The Hall–Kier alpha value is -2.20. The third kappa shape index (κ3) is 5.35. The monoisotopic (exact) mass is 485 g/mol. The highest BCUT2D eigenvalue weighted by Crippen LogP contribution is 2.57. The fourth-order valence-corrected chi connectivity index (χ4v) is 4.45. The Morgan fingerprint density at radius 2 is 2.06 bits per heavy atom. The lowest BCUT2D eigenvalue weighted by Gasteiger charge is -2.21. The van der Waals surface area contributed by atoms with Crippen LogP contribution in [0.15, 0.2) is 11.1 Å². The number of hydrogen-bond donors (Lipinski definition) is 6. The average molecular weight is 485 g/mol. The van der Waals surface area contributed by atoms with Gasteiger partial charge in [-0.25, -0.2) is 14.1 Å². The summed E-state index contributed by atoms with van der Waals surface area (Å²) in [5.74, 6) is -1.07. The van der Waals surface area contributed by atoms with Crippen LogP contribution < -0.4 is 11.3 Å². The van der Waals surface area contributed by atoms with Gasteiger partial charge in [-0.3, -0.25) is 23.7 Å². The fraction of sp³-hybridized carbons (Fsp3) is 0.500. The van der Waals surface area contributed by atoms with Crippen molar-refractivity contribution in [2.45, 2.75) is 31.5 Å². The molecule has 5 atom stereocenters. The Kier molecular flexibility index (Phi) is 6.35. The summed E-state index contributed by atoms with van der Waals surface area (Å²) in [4.78, 5) is 60.1. The summed E-state index contributed by atoms with van der Waals surface area (Å²) in [5, 5.41) is 10.5. The number of carbonyl (C=O) groups excluding carboxylic acids is 1. The molecule has 2 aromatic heterocycles. The molecule has 1 aliphatic heterocycles. The first kappa shape index (κ1) is 23.5. The van der Waals surface area contributed by atoms with Crippen molar-refractivity contribution in [3.8, 4) is 0 Å². The molecule has 0 bridgehead atoms. The molecule has 0 aliphatic carbocycles. The summed E-state index contributed by atoms with van der Waals surface area (Å²) in [6.07, 6.45) is -4.71. The van der Waals surface area contributed by atoms with Gasteiger partial charge in [-0.05, 0) is 0 Å². The van der Waals surface area contributed by atoms with Gasteiger partial charge in [0.05, 0.1) is 12.9 Å². The van der Waals surface area contributed by atoms with Gasteiger partial charge >= 0.3 is 21.6 Å². The molecule has 19 heteroatoms. The molecule has 17 nitrogen and oxygen atoms in total. The second kappa shape index (κ2) is 8.38. The van der Waals surface area contributed by atoms with Gasteiger partial charge in [0, 0.05) is 6.92 Å². The van der Waals surface area contributed by atoms with Crippen molar-refractivity contribution < 1.29 is 52.0 Å². The van der Waals surface area contributed by atoms with E-state index in [4.69, 9.17) is 25.0 Å². The molecule has 0 aromatic carbocycles. The molecule has 1 unspecified atom stereocenters. The van der Waals surface area contributed by atoms with Crippen molar-refractivity contribution in [2.24, 2.45) is 0 Å². The number of anilines is 1. The van der Waals surface area contributed by atoms with Crippen LogP contribution in [-0.4, -0.2) is 70.2 Å². The standard InChI is InChI=1S/C12H17N5O12P2/c1-4(18)27-8-7(19)5(2-26-31(24,25)29-30(21,22)23)28-11(8)17-3-14-6-9(17)15-12(13)16-10(6)20/h3,5,7-8,11,19H,2H2,1H3,(H,24,25)(H2,21,22,23)(H3,13,15,16,20)/t5-,7-,8-,11-/m1/s1. The van der Waals surface area contributed by atoms with Crippen molar-refractivity contribution >= 4 is 38.7 Å². The van der Waals surface area contributed by atoms with E-state index in [2.05, 4.69) is 23.8 Å². The van der Waals surface area contributed by atoms with Gasteiger partial charge in [0.15, 0.2) is 23.5 Å². The van der Waals surface area contributed by atoms with Crippen LogP contribution >= 0.6 is 15.6 Å². The molecule has 0 spiro atoms. The first-order valence-electron chi connectivity index (χ1n) is 8.25. The van der Waals surface area contributed by atoms with E-state index in [1.165, 1.54) is 0 Å². The number of esters is 1. The number of H-pyrrole nitrogens is 1. The number of rotatable bonds is 7. The van der Waals surface area contributed by atoms with Crippen LogP contribution in [0.3, 0.4) is 0 Å². The Labute approximate surface area is 171 Å². The number of phosphoric acid groups is 2. The molecule has 2 aromatic rings. The summed E-state index contributed by atoms with van der Waals surface area (Å²) in [6, 6.07) is 0. The molecule has 1 saturated heterocycles. The minimum atomic E-state index is -5.36. The Morgan fingerprint density at radius 1 is 1.39 bits per heavy atom. The zero-order valence-electron chi connectivity index (χ0n) is 15.5. The van der Waals surface area contributed by atoms with Gasteiger partial charge in [-0.1, -0.05) is 0 Å². The van der Waals surface area contributed by atoms with Crippen molar-refractivity contribution in [1.82, 2.24) is 19.5 Å². The van der Waals surface area contributed by atoms with Gasteiger partial charge in [0.25, 0.3) is 5.56 Å². The fourth-order valence-electron chi connectivity index (χ4n) is 2.85. The molecular weight excluding hydrogens is 468 g/mol. The van der Waals surface area contributed by atoms with Gasteiger partial charge in [-0.15, -0.1) is 0 Å². The molecule has 0 saturated carbocycles. The van der Waals surface area contributed by atoms with E-state index in [-0.39, 0.29) is 17.1 Å². The van der Waals surface area contributed by atoms with Gasteiger partial charge in [0.1, 0.15) is 12.2 Å². The average Bonchev–Trinajstić information content (AvgIpc) is 3.13. The predicted molar refractivity (Wildman–Crippen MR) is 96.9 cm³/mol. The van der Waals surface area contributed by atoms with E-state index in [0.717, 1.165) is 17.8 Å². The van der Waals surface area contributed by atoms with E-state index in [1.807, 2.05) is 0 Å². The minimum Gasteiger partial charge on any atom is -0.455 e. The molecule has 31 heavy (non-hydrogen) atoms. The van der Waals surface area contributed by atoms with Gasteiger partial charge in [-0.2, -0.15) is 9.29 Å². The number of nitrogens with one attached hydrogen (secondary N) is 1. The number of imidazole rings is 1. The van der Waals surface area contributed by atoms with Crippen molar-refractivity contribution in [3.05, 3.63) is 16.7 Å². The van der Waals surface area contributed by atoms with E-state index >= 15 is 0 Å². The third-order valence-electron chi connectivity index (χ3n) is 3.95. The van der Waals surface area contributed by atoms with Crippen LogP contribution in [0.4, 0.5) is 5.95 Å². The highest BCUT2D eigenvalue weighted by atomic mass is 31.3. The molecule has 3 heterocycles. The van der Waals surface area contributed by atoms with Crippen molar-refractivity contribution in [1.29, 1.82) is 0 Å². The van der Waals surface area contributed by atoms with E-state index < -0.39 is 58.3 Å². The Bertz CT molecular complexity index is 1140. The summed E-state index contributed by atoms with van der Waals surface area (Å²) < 4.78 is 42.2. The Morgan fingerprint density at radius 3 is 2.68 bits per heavy atom. The minimum absolute atomic E-state index is 0.0742. The number of aromatic amines is 1. The molecule has 3 rings (SSSR count). The van der Waals surface area contributed by atoms with Crippen LogP contribution in [0.1, 0.15) is 13.2 Å². The smallest absolute Gasteiger partial charge is 0.455 e. The van der Waals surface area contributed by atoms with Crippen molar-refractivity contribution in [2.75, 3.05) is 12.3 Å². The number of ether oxygens (including phenoxy) is 2. The number of aromatic nitrogens is 4. The van der Waals surface area contributed by atoms with Crippen LogP contribution in [0.5, 0.6) is 0 Å². The lowest BCUT2D eigenvalue weighted by atomic mass is 10.1. The van der Waals surface area contributed by atoms with Gasteiger partial charge < -0.3 is 35.0 Å². The molecule has 1 fully saturated rings. The SMILES string of the molecule is CC(=O)O[C@@H]1[C@H](O)[C@@H](COP(=O)(O)OP(=O)(O)O)O[C@H]1n1cnc2c(=O)[nH]c(N)nc21. The lowest BCUT2D eigenvalue weighted by Crippen LogP contribution is -2.36. The normalized spacial score (nSPS) is 26.1. The highest BCUT2D eigenvalue weighted by Gasteiger charge is 2.48. The molecule has 172 valence electrons. The quantitative estimate of drug-likeness (QED) is 0.185. The maximum absolute atomic E-state index is 12.0. The number of aliphatic hydroxyl groups excluding tert-OH is 1. The zero-order valence-corrected chi connectivity index (χ0v) is 17.3. The maximum Gasteiger partial charge on any atom is 0.481 e. The second-order valence-corrected chi connectivity index (χ2v) is 9.07. The van der Waals surface area contributed by atoms with Crippen LogP contribution in [-0.2, 0) is 32.2 Å². The summed E-state index contributed by atoms with van der Waals surface area (Å²) in [5.41, 5.74) is 4.65. The summed E-state index contributed by atoms with van der Waals surface area (Å²) in [6.45, 7) is 0.155. The first-order chi connectivity index (χ1) is 14.3. The van der Waals surface area contributed by atoms with Crippen LogP contribution in [0.25, 0.3) is 11.2 Å². The largest absolute Gasteiger partial charge is 0.481 e. The number of hydrogen-bond acceptors (Lipinski definition) is 12. The summed E-state index contributed by atoms with van der Waals surface area (Å²) in [7, 11) is -10.6. The van der Waals surface area contributed by atoms with E-state index in [1.54, 1.807) is 0 Å². The van der Waals surface area contributed by atoms with Crippen molar-refractivity contribution in [3.63, 3.8) is 0 Å². The number of nitrogens with zero attached hydrogens (tertiary/aromatic N) is 3. The van der Waals surface area contributed by atoms with Crippen LogP contribution in [0, 0.1) is 0 Å². The lowest BCUT2D eigenvalue weighted by molar-refractivity contribution is -0.155. The number of phosphoric ester groups is 1. The Balaban J connectivity index is 1.89. The number of nitrogens with two attached hydrogens (primary N) is 1. The molecular formula is C12H17N5O12P2. The zero-order chi connectivity index (χ0) is 23.1. The molecule has 0 radical (unpaired) electrons. The summed E-state index contributed by atoms with van der Waals surface area (Å²) >= 11 is 0. The van der Waals surface area contributed by atoms with Gasteiger partial charge in [0.2, 0.25) is 5.95 Å². The molecule has 1 aliphatic rings. The second-order valence-electron chi connectivity index (χ2n) is 6.24. The number of aliphatic hydroxyl groups is 1. The maximum atomic E-state index is 12.0. The topological polar surface area (TPSA) is 259 Å². The molecule has 7 N–H and O–H groups in total. The number of fused-ring (bicyclic) bond motifs is 1. The molecule has 0 amide bonds.